The van der Waals surface area contributed by atoms with Crippen molar-refractivity contribution < 1.29 is 35.2 Å². The standard InChI is InChI=1S/C22H26F3N3O5S/c1-12(2)16-8-7-15(21(26-16)33-34(29,30)22(23,24)25)20-18(32-6)9-17-19(27-20)13(3)10-28(17)14(4)11-31-5/h7-10,12,14H,11H2,1-6H3. The fraction of sp³-hybridized carbons (Fsp3) is 0.455. The number of pyridine rings is 2. The van der Waals surface area contributed by atoms with Crippen LogP contribution in [0.3, 0.4) is 0 Å². The van der Waals surface area contributed by atoms with Gasteiger partial charge < -0.3 is 18.2 Å². The molecule has 0 aliphatic rings. The Hall–Kier alpha value is -2.86. The van der Waals surface area contributed by atoms with E-state index in [9.17, 15) is 21.6 Å². The third kappa shape index (κ3) is 4.83. The van der Waals surface area contributed by atoms with Gasteiger partial charge in [0.15, 0.2) is 0 Å². The first-order valence-electron chi connectivity index (χ1n) is 10.4. The van der Waals surface area contributed by atoms with Crippen molar-refractivity contribution in [2.24, 2.45) is 0 Å². The molecule has 3 heterocycles. The maximum atomic E-state index is 13.1. The zero-order valence-electron chi connectivity index (χ0n) is 19.6. The first-order chi connectivity index (χ1) is 15.8. The van der Waals surface area contributed by atoms with Crippen LogP contribution < -0.4 is 8.92 Å². The monoisotopic (exact) mass is 501 g/mol. The molecule has 0 N–H and O–H groups in total. The van der Waals surface area contributed by atoms with Crippen molar-refractivity contribution in [1.82, 2.24) is 14.5 Å². The first kappa shape index (κ1) is 25.8. The van der Waals surface area contributed by atoms with Crippen LogP contribution in [0.2, 0.25) is 0 Å². The molecule has 3 rings (SSSR count). The molecule has 0 saturated carbocycles. The summed E-state index contributed by atoms with van der Waals surface area (Å²) < 4.78 is 79.9. The maximum absolute atomic E-state index is 13.1. The molecule has 0 aliphatic heterocycles. The van der Waals surface area contributed by atoms with Crippen molar-refractivity contribution in [2.75, 3.05) is 20.8 Å². The van der Waals surface area contributed by atoms with Gasteiger partial charge >= 0.3 is 15.6 Å². The lowest BCUT2D eigenvalue weighted by Crippen LogP contribution is -2.28. The molecule has 0 radical (unpaired) electrons. The van der Waals surface area contributed by atoms with Crippen LogP contribution >= 0.6 is 0 Å². The number of alkyl halides is 3. The number of hydrogen-bond acceptors (Lipinski definition) is 7. The molecule has 186 valence electrons. The molecule has 1 unspecified atom stereocenters. The topological polar surface area (TPSA) is 92.5 Å². The van der Waals surface area contributed by atoms with Gasteiger partial charge in [-0.1, -0.05) is 13.8 Å². The van der Waals surface area contributed by atoms with Gasteiger partial charge in [0.25, 0.3) is 0 Å². The summed E-state index contributed by atoms with van der Waals surface area (Å²) in [6, 6.07) is 4.67. The third-order valence-electron chi connectivity index (χ3n) is 5.26. The van der Waals surface area contributed by atoms with Crippen molar-refractivity contribution in [2.45, 2.75) is 45.2 Å². The van der Waals surface area contributed by atoms with E-state index in [1.54, 1.807) is 33.1 Å². The van der Waals surface area contributed by atoms with Crippen LogP contribution in [0.1, 0.15) is 44.0 Å². The van der Waals surface area contributed by atoms with E-state index in [1.807, 2.05) is 24.6 Å². The van der Waals surface area contributed by atoms with Crippen LogP contribution in [0, 0.1) is 6.92 Å². The van der Waals surface area contributed by atoms with Gasteiger partial charge in [0.05, 0.1) is 36.4 Å². The Morgan fingerprint density at radius 3 is 2.35 bits per heavy atom. The second-order valence-electron chi connectivity index (χ2n) is 8.16. The van der Waals surface area contributed by atoms with Crippen molar-refractivity contribution in [3.05, 3.63) is 35.7 Å². The molecule has 1 atom stereocenters. The summed E-state index contributed by atoms with van der Waals surface area (Å²) >= 11 is 0. The van der Waals surface area contributed by atoms with Crippen molar-refractivity contribution in [1.29, 1.82) is 0 Å². The SMILES string of the molecule is COCC(C)n1cc(C)c2nc(-c3ccc(C(C)C)nc3OS(=O)(=O)C(F)(F)F)c(OC)cc21. The molecular formula is C22H26F3N3O5S. The molecule has 8 nitrogen and oxygen atoms in total. The number of rotatable bonds is 8. The van der Waals surface area contributed by atoms with E-state index in [2.05, 4.69) is 14.2 Å². The van der Waals surface area contributed by atoms with Gasteiger partial charge in [-0.3, -0.25) is 0 Å². The molecule has 0 spiro atoms. The first-order valence-corrected chi connectivity index (χ1v) is 11.8. The van der Waals surface area contributed by atoms with Crippen LogP contribution in [0.15, 0.2) is 24.4 Å². The average Bonchev–Trinajstić information content (AvgIpc) is 3.07. The Kier molecular flexibility index (Phi) is 7.13. The smallest absolute Gasteiger partial charge is 0.494 e. The summed E-state index contributed by atoms with van der Waals surface area (Å²) in [6.07, 6.45) is 1.89. The van der Waals surface area contributed by atoms with Crippen molar-refractivity contribution in [3.63, 3.8) is 0 Å². The number of methoxy groups -OCH3 is 2. The fourth-order valence-corrected chi connectivity index (χ4v) is 3.95. The van der Waals surface area contributed by atoms with Crippen LogP contribution in [0.5, 0.6) is 11.6 Å². The van der Waals surface area contributed by atoms with E-state index in [0.717, 1.165) is 11.1 Å². The van der Waals surface area contributed by atoms with E-state index in [1.165, 1.54) is 13.2 Å². The Morgan fingerprint density at radius 1 is 1.12 bits per heavy atom. The van der Waals surface area contributed by atoms with Gasteiger partial charge in [0.1, 0.15) is 11.4 Å². The average molecular weight is 502 g/mol. The van der Waals surface area contributed by atoms with E-state index >= 15 is 0 Å². The lowest BCUT2D eigenvalue weighted by Gasteiger charge is -2.17. The van der Waals surface area contributed by atoms with Gasteiger partial charge in [0, 0.05) is 25.1 Å². The van der Waals surface area contributed by atoms with E-state index in [-0.39, 0.29) is 29.0 Å². The number of fused-ring (bicyclic) bond motifs is 1. The number of halogens is 3. The van der Waals surface area contributed by atoms with Crippen LogP contribution in [-0.2, 0) is 14.9 Å². The second-order valence-corrected chi connectivity index (χ2v) is 9.70. The van der Waals surface area contributed by atoms with Gasteiger partial charge in [-0.05, 0) is 37.5 Å². The van der Waals surface area contributed by atoms with Crippen LogP contribution in [0.25, 0.3) is 22.3 Å². The van der Waals surface area contributed by atoms with Crippen molar-refractivity contribution in [3.8, 4) is 22.9 Å². The van der Waals surface area contributed by atoms with E-state index < -0.39 is 21.5 Å². The third-order valence-corrected chi connectivity index (χ3v) is 6.20. The van der Waals surface area contributed by atoms with Crippen molar-refractivity contribution >= 4 is 21.2 Å². The lowest BCUT2D eigenvalue weighted by molar-refractivity contribution is -0.0501. The molecule has 0 amide bonds. The zero-order valence-corrected chi connectivity index (χ0v) is 20.4. The number of hydrogen-bond donors (Lipinski definition) is 0. The Labute approximate surface area is 195 Å². The highest BCUT2D eigenvalue weighted by Gasteiger charge is 2.49. The molecule has 0 aromatic carbocycles. The van der Waals surface area contributed by atoms with Gasteiger partial charge in [0.2, 0.25) is 5.88 Å². The fourth-order valence-electron chi connectivity index (χ4n) is 3.52. The zero-order chi connectivity index (χ0) is 25.4. The summed E-state index contributed by atoms with van der Waals surface area (Å²) in [4.78, 5) is 8.69. The summed E-state index contributed by atoms with van der Waals surface area (Å²) in [5.74, 6) is -0.704. The number of ether oxygens (including phenoxy) is 2. The highest BCUT2D eigenvalue weighted by molar-refractivity contribution is 7.88. The molecule has 34 heavy (non-hydrogen) atoms. The predicted molar refractivity (Wildman–Crippen MR) is 121 cm³/mol. The highest BCUT2D eigenvalue weighted by Crippen LogP contribution is 2.40. The summed E-state index contributed by atoms with van der Waals surface area (Å²) in [6.45, 7) is 7.78. The normalized spacial score (nSPS) is 13.5. The van der Waals surface area contributed by atoms with Crippen LogP contribution in [0.4, 0.5) is 13.2 Å². The minimum Gasteiger partial charge on any atom is -0.494 e. The summed E-state index contributed by atoms with van der Waals surface area (Å²) in [7, 11) is -2.98. The predicted octanol–water partition coefficient (Wildman–Crippen LogP) is 4.97. The van der Waals surface area contributed by atoms with E-state index in [4.69, 9.17) is 9.47 Å². The molecular weight excluding hydrogens is 475 g/mol. The Morgan fingerprint density at radius 2 is 1.79 bits per heavy atom. The molecule has 3 aromatic rings. The highest BCUT2D eigenvalue weighted by atomic mass is 32.2. The molecule has 12 heteroatoms. The van der Waals surface area contributed by atoms with E-state index in [0.29, 0.717) is 17.8 Å². The second kappa shape index (κ2) is 9.41. The molecule has 3 aromatic heterocycles. The molecule has 0 aliphatic carbocycles. The number of nitrogens with zero attached hydrogens (tertiary/aromatic N) is 3. The van der Waals surface area contributed by atoms with Crippen LogP contribution in [-0.4, -0.2) is 49.3 Å². The van der Waals surface area contributed by atoms with Gasteiger partial charge in [-0.15, -0.1) is 0 Å². The van der Waals surface area contributed by atoms with Gasteiger partial charge in [-0.2, -0.15) is 21.6 Å². The summed E-state index contributed by atoms with van der Waals surface area (Å²) in [5, 5.41) is 0. The maximum Gasteiger partial charge on any atom is 0.534 e. The lowest BCUT2D eigenvalue weighted by atomic mass is 10.1. The minimum absolute atomic E-state index is 0.0265. The number of aromatic nitrogens is 3. The summed E-state index contributed by atoms with van der Waals surface area (Å²) in [5.41, 5.74) is -3.12. The molecule has 0 saturated heterocycles. The molecule has 0 bridgehead atoms. The largest absolute Gasteiger partial charge is 0.534 e. The molecule has 0 fully saturated rings. The quantitative estimate of drug-likeness (QED) is 0.318. The minimum atomic E-state index is -5.96. The number of aryl methyl sites for hydroxylation is 1. The Balaban J connectivity index is 2.27. The van der Waals surface area contributed by atoms with Gasteiger partial charge in [-0.25, -0.2) is 9.97 Å². The Bertz CT molecular complexity index is 1300.